The molecule has 2 unspecified atom stereocenters. The Balaban J connectivity index is 1.48. The number of carbonyl (C=O) groups is 1. The van der Waals surface area contributed by atoms with Gasteiger partial charge in [-0.2, -0.15) is 0 Å². The maximum atomic E-state index is 12.9. The molecule has 1 heterocycles. The number of ether oxygens (including phenoxy) is 1. The second-order valence-electron chi connectivity index (χ2n) is 8.45. The molecule has 3 fully saturated rings. The zero-order chi connectivity index (χ0) is 16.4. The third-order valence-corrected chi connectivity index (χ3v) is 6.18. The Morgan fingerprint density at radius 2 is 1.74 bits per heavy atom. The molecule has 1 aliphatic heterocycles. The van der Waals surface area contributed by atoms with Crippen LogP contribution in [-0.2, 0) is 9.53 Å². The summed E-state index contributed by atoms with van der Waals surface area (Å²) in [7, 11) is 0. The Morgan fingerprint density at radius 1 is 1.13 bits per heavy atom. The van der Waals surface area contributed by atoms with Crippen LogP contribution in [0.25, 0.3) is 0 Å². The molecule has 4 heteroatoms. The molecular weight excluding hydrogens is 288 g/mol. The molecule has 0 radical (unpaired) electrons. The summed E-state index contributed by atoms with van der Waals surface area (Å²) in [5, 5.41) is 0. The van der Waals surface area contributed by atoms with Crippen molar-refractivity contribution in [3.05, 3.63) is 0 Å². The number of carbonyl (C=O) groups excluding carboxylic acids is 1. The molecule has 23 heavy (non-hydrogen) atoms. The number of fused-ring (bicyclic) bond motifs is 2. The number of nitrogens with two attached hydrogens (primary N) is 1. The summed E-state index contributed by atoms with van der Waals surface area (Å²) < 4.78 is 5.94. The monoisotopic (exact) mass is 322 g/mol. The van der Waals surface area contributed by atoms with Crippen LogP contribution >= 0.6 is 0 Å². The van der Waals surface area contributed by atoms with Gasteiger partial charge in [-0.3, -0.25) is 4.79 Å². The van der Waals surface area contributed by atoms with Gasteiger partial charge in [-0.15, -0.1) is 0 Å². The molecule has 1 amide bonds. The van der Waals surface area contributed by atoms with E-state index in [1.165, 1.54) is 19.3 Å². The van der Waals surface area contributed by atoms with Gasteiger partial charge < -0.3 is 15.4 Å². The number of rotatable bonds is 4. The summed E-state index contributed by atoms with van der Waals surface area (Å²) in [5.74, 6) is 2.39. The molecule has 2 N–H and O–H groups in total. The van der Waals surface area contributed by atoms with Gasteiger partial charge in [0.15, 0.2) is 0 Å². The molecule has 3 aliphatic rings. The smallest absolute Gasteiger partial charge is 0.225 e. The first kappa shape index (κ1) is 17.2. The Labute approximate surface area is 141 Å². The Kier molecular flexibility index (Phi) is 5.63. The quantitative estimate of drug-likeness (QED) is 0.866. The number of hydrogen-bond donors (Lipinski definition) is 1. The Hall–Kier alpha value is -0.610. The molecule has 0 spiro atoms. The van der Waals surface area contributed by atoms with Crippen molar-refractivity contribution in [2.75, 3.05) is 19.7 Å². The predicted molar refractivity (Wildman–Crippen MR) is 91.9 cm³/mol. The molecule has 132 valence electrons. The van der Waals surface area contributed by atoms with Gasteiger partial charge >= 0.3 is 0 Å². The van der Waals surface area contributed by atoms with Crippen LogP contribution in [0.5, 0.6) is 0 Å². The van der Waals surface area contributed by atoms with E-state index in [0.717, 1.165) is 45.4 Å². The van der Waals surface area contributed by atoms with Crippen LogP contribution in [0.2, 0.25) is 0 Å². The van der Waals surface area contributed by atoms with Crippen molar-refractivity contribution in [1.82, 2.24) is 4.90 Å². The van der Waals surface area contributed by atoms with Gasteiger partial charge in [0, 0.05) is 31.7 Å². The van der Waals surface area contributed by atoms with Gasteiger partial charge in [0.25, 0.3) is 0 Å². The third-order valence-electron chi connectivity index (χ3n) is 6.18. The van der Waals surface area contributed by atoms with E-state index in [9.17, 15) is 4.79 Å². The van der Waals surface area contributed by atoms with E-state index in [1.807, 2.05) is 0 Å². The van der Waals surface area contributed by atoms with E-state index in [1.54, 1.807) is 0 Å². The summed E-state index contributed by atoms with van der Waals surface area (Å²) in [6.45, 7) is 6.95. The molecule has 0 aromatic rings. The molecule has 0 aromatic heterocycles. The van der Waals surface area contributed by atoms with E-state index in [4.69, 9.17) is 10.5 Å². The lowest BCUT2D eigenvalue weighted by molar-refractivity contribution is -0.141. The van der Waals surface area contributed by atoms with Crippen LogP contribution < -0.4 is 5.73 Å². The number of piperidine rings is 1. The van der Waals surface area contributed by atoms with Gasteiger partial charge in [0.05, 0.1) is 6.10 Å². The van der Waals surface area contributed by atoms with Crippen molar-refractivity contribution in [2.24, 2.45) is 29.4 Å². The minimum absolute atomic E-state index is 0.234. The topological polar surface area (TPSA) is 55.6 Å². The van der Waals surface area contributed by atoms with Crippen LogP contribution in [-0.4, -0.2) is 42.6 Å². The maximum Gasteiger partial charge on any atom is 0.225 e. The van der Waals surface area contributed by atoms with Gasteiger partial charge in [-0.1, -0.05) is 20.3 Å². The van der Waals surface area contributed by atoms with Gasteiger partial charge in [-0.25, -0.2) is 0 Å². The Morgan fingerprint density at radius 3 is 2.30 bits per heavy atom. The predicted octanol–water partition coefficient (Wildman–Crippen LogP) is 2.80. The van der Waals surface area contributed by atoms with Crippen molar-refractivity contribution in [2.45, 2.75) is 70.9 Å². The lowest BCUT2D eigenvalue weighted by Crippen LogP contribution is -2.51. The van der Waals surface area contributed by atoms with Crippen molar-refractivity contribution < 1.29 is 9.53 Å². The fourth-order valence-electron chi connectivity index (χ4n) is 4.82. The van der Waals surface area contributed by atoms with Crippen LogP contribution in [0.1, 0.15) is 58.8 Å². The Bertz CT molecular complexity index is 390. The van der Waals surface area contributed by atoms with Crippen molar-refractivity contribution >= 4 is 5.91 Å². The van der Waals surface area contributed by atoms with E-state index in [-0.39, 0.29) is 5.92 Å². The van der Waals surface area contributed by atoms with Crippen LogP contribution in [0.3, 0.4) is 0 Å². The van der Waals surface area contributed by atoms with Crippen LogP contribution in [0.15, 0.2) is 0 Å². The molecule has 2 saturated carbocycles. The fourth-order valence-corrected chi connectivity index (χ4v) is 4.82. The first-order valence-corrected chi connectivity index (χ1v) is 9.70. The lowest BCUT2D eigenvalue weighted by atomic mass is 9.65. The van der Waals surface area contributed by atoms with E-state index in [2.05, 4.69) is 18.7 Å². The van der Waals surface area contributed by atoms with Crippen LogP contribution in [0.4, 0.5) is 0 Å². The number of likely N-dealkylation sites (tertiary alicyclic amines) is 1. The lowest BCUT2D eigenvalue weighted by Gasteiger charge is -2.45. The second-order valence-corrected chi connectivity index (χ2v) is 8.45. The van der Waals surface area contributed by atoms with E-state index >= 15 is 0 Å². The van der Waals surface area contributed by atoms with Crippen molar-refractivity contribution in [3.63, 3.8) is 0 Å². The minimum Gasteiger partial charge on any atom is -0.378 e. The third kappa shape index (κ3) is 4.08. The summed E-state index contributed by atoms with van der Waals surface area (Å²) in [6.07, 6.45) is 8.16. The van der Waals surface area contributed by atoms with Crippen LogP contribution in [0, 0.1) is 23.7 Å². The van der Waals surface area contributed by atoms with Crippen molar-refractivity contribution in [3.8, 4) is 0 Å². The first-order valence-electron chi connectivity index (χ1n) is 9.70. The molecule has 2 bridgehead atoms. The normalized spacial score (nSPS) is 35.6. The summed E-state index contributed by atoms with van der Waals surface area (Å²) >= 11 is 0. The minimum atomic E-state index is 0.234. The van der Waals surface area contributed by atoms with Gasteiger partial charge in [0.1, 0.15) is 0 Å². The number of hydrogen-bond acceptors (Lipinski definition) is 3. The van der Waals surface area contributed by atoms with Gasteiger partial charge in [-0.05, 0) is 56.3 Å². The maximum absolute atomic E-state index is 12.9. The number of amides is 1. The highest BCUT2D eigenvalue weighted by atomic mass is 16.5. The van der Waals surface area contributed by atoms with E-state index in [0.29, 0.717) is 35.8 Å². The first-order chi connectivity index (χ1) is 11.0. The molecular formula is C19H34N2O2. The zero-order valence-corrected chi connectivity index (χ0v) is 14.9. The molecule has 1 saturated heterocycles. The highest BCUT2D eigenvalue weighted by molar-refractivity contribution is 5.79. The van der Waals surface area contributed by atoms with Crippen molar-refractivity contribution in [1.29, 1.82) is 0 Å². The second kappa shape index (κ2) is 7.52. The molecule has 4 nitrogen and oxygen atoms in total. The average molecular weight is 322 g/mol. The van der Waals surface area contributed by atoms with E-state index < -0.39 is 0 Å². The number of nitrogens with zero attached hydrogens (tertiary/aromatic N) is 1. The highest BCUT2D eigenvalue weighted by Crippen LogP contribution is 2.42. The average Bonchev–Trinajstić information content (AvgIpc) is 2.52. The highest BCUT2D eigenvalue weighted by Gasteiger charge is 2.42. The molecule has 2 atom stereocenters. The molecule has 3 rings (SSSR count). The summed E-state index contributed by atoms with van der Waals surface area (Å²) in [5.41, 5.74) is 6.36. The standard InChI is InChI=1S/C19H34N2O2/c1-13(2)12-23-17-6-8-21(9-7-17)19(22)16-10-14-4-3-5-15(11-16)18(14)20/h13-18H,3-12,20H2,1-2H3. The summed E-state index contributed by atoms with van der Waals surface area (Å²) in [4.78, 5) is 15.0. The molecule has 2 aliphatic carbocycles. The zero-order valence-electron chi connectivity index (χ0n) is 14.9. The SMILES string of the molecule is CC(C)COC1CCN(C(=O)C2CC3CCCC(C2)C3N)CC1. The van der Waals surface area contributed by atoms with Gasteiger partial charge in [0.2, 0.25) is 5.91 Å². The summed E-state index contributed by atoms with van der Waals surface area (Å²) in [6, 6.07) is 0.350. The largest absolute Gasteiger partial charge is 0.378 e. The molecule has 0 aromatic carbocycles. The fraction of sp³-hybridized carbons (Fsp3) is 0.947.